The molecule has 33 heavy (non-hydrogen) atoms. The monoisotopic (exact) mass is 435 g/mol. The predicted molar refractivity (Wildman–Crippen MR) is 139 cm³/mol. The maximum atomic E-state index is 6.16. The van der Waals surface area contributed by atoms with Crippen molar-refractivity contribution in [3.63, 3.8) is 0 Å². The van der Waals surface area contributed by atoms with Gasteiger partial charge in [0.15, 0.2) is 0 Å². The van der Waals surface area contributed by atoms with E-state index < -0.39 is 0 Å². The van der Waals surface area contributed by atoms with Crippen molar-refractivity contribution in [1.29, 1.82) is 0 Å². The Morgan fingerprint density at radius 3 is 2.39 bits per heavy atom. The van der Waals surface area contributed by atoms with Gasteiger partial charge in [-0.25, -0.2) is 0 Å². The highest BCUT2D eigenvalue weighted by Crippen LogP contribution is 2.31. The van der Waals surface area contributed by atoms with Gasteiger partial charge in [0.1, 0.15) is 12.4 Å². The summed E-state index contributed by atoms with van der Waals surface area (Å²) in [6.07, 6.45) is 4.96. The average Bonchev–Trinajstić information content (AvgIpc) is 2.86. The Bertz CT molecular complexity index is 1230. The molecule has 0 saturated carbocycles. The molecule has 168 valence electrons. The van der Waals surface area contributed by atoms with Crippen molar-refractivity contribution in [2.45, 2.75) is 32.3 Å². The van der Waals surface area contributed by atoms with E-state index in [0.717, 1.165) is 11.7 Å². The highest BCUT2D eigenvalue weighted by Gasteiger charge is 2.19. The molecule has 0 saturated heterocycles. The van der Waals surface area contributed by atoms with Crippen LogP contribution in [0.4, 0.5) is 0 Å². The first kappa shape index (κ1) is 21.7. The standard InChI is InChI=1S/C31H33NO/c1-32(2)18-17-23-7-12-30-21-31(16-15-28(30)19-23)33-22-24-8-10-26(11-9-24)29-14-13-25-5-3-4-6-27(25)20-29/h3-6,8-11,13-16,20-21,23H,7,12,17-19,22H2,1-2H3. The second-order valence-corrected chi connectivity index (χ2v) is 9.68. The van der Waals surface area contributed by atoms with E-state index >= 15 is 0 Å². The second-order valence-electron chi connectivity index (χ2n) is 9.68. The van der Waals surface area contributed by atoms with Gasteiger partial charge in [0.2, 0.25) is 0 Å². The summed E-state index contributed by atoms with van der Waals surface area (Å²) in [6, 6.07) is 30.6. The Labute approximate surface area is 197 Å². The van der Waals surface area contributed by atoms with Crippen LogP contribution in [0, 0.1) is 5.92 Å². The highest BCUT2D eigenvalue weighted by atomic mass is 16.5. The summed E-state index contributed by atoms with van der Waals surface area (Å²) < 4.78 is 6.16. The van der Waals surface area contributed by atoms with Gasteiger partial charge >= 0.3 is 0 Å². The van der Waals surface area contributed by atoms with Gasteiger partial charge in [0.25, 0.3) is 0 Å². The van der Waals surface area contributed by atoms with Crippen LogP contribution >= 0.6 is 0 Å². The van der Waals surface area contributed by atoms with Crippen molar-refractivity contribution in [3.8, 4) is 16.9 Å². The smallest absolute Gasteiger partial charge is 0.120 e. The van der Waals surface area contributed by atoms with Crippen LogP contribution < -0.4 is 4.74 Å². The molecule has 0 N–H and O–H groups in total. The van der Waals surface area contributed by atoms with Crippen LogP contribution in [0.3, 0.4) is 0 Å². The minimum absolute atomic E-state index is 0.599. The molecule has 5 rings (SSSR count). The second kappa shape index (κ2) is 9.80. The molecule has 2 heteroatoms. The third kappa shape index (κ3) is 5.29. The predicted octanol–water partition coefficient (Wildman–Crippen LogP) is 7.14. The molecule has 0 amide bonds. The van der Waals surface area contributed by atoms with E-state index in [1.54, 1.807) is 0 Å². The summed E-state index contributed by atoms with van der Waals surface area (Å²) in [5, 5.41) is 2.55. The third-order valence-electron chi connectivity index (χ3n) is 6.94. The minimum atomic E-state index is 0.599. The van der Waals surface area contributed by atoms with Gasteiger partial charge in [-0.3, -0.25) is 0 Å². The molecule has 0 spiro atoms. The molecular weight excluding hydrogens is 402 g/mol. The van der Waals surface area contributed by atoms with E-state index in [9.17, 15) is 0 Å². The van der Waals surface area contributed by atoms with Gasteiger partial charge in [-0.2, -0.15) is 0 Å². The van der Waals surface area contributed by atoms with Crippen molar-refractivity contribution in [1.82, 2.24) is 4.90 Å². The van der Waals surface area contributed by atoms with Gasteiger partial charge in [0.05, 0.1) is 0 Å². The summed E-state index contributed by atoms with van der Waals surface area (Å²) in [4.78, 5) is 2.29. The molecule has 1 aliphatic carbocycles. The fourth-order valence-electron chi connectivity index (χ4n) is 4.91. The summed E-state index contributed by atoms with van der Waals surface area (Å²) in [5.41, 5.74) is 6.67. The number of hydrogen-bond acceptors (Lipinski definition) is 2. The van der Waals surface area contributed by atoms with E-state index in [1.807, 2.05) is 0 Å². The van der Waals surface area contributed by atoms with Gasteiger partial charge in [-0.15, -0.1) is 0 Å². The summed E-state index contributed by atoms with van der Waals surface area (Å²) in [6.45, 7) is 1.78. The lowest BCUT2D eigenvalue weighted by atomic mass is 9.82. The number of rotatable bonds is 7. The topological polar surface area (TPSA) is 12.5 Å². The number of fused-ring (bicyclic) bond motifs is 2. The van der Waals surface area contributed by atoms with Crippen LogP contribution in [-0.4, -0.2) is 25.5 Å². The van der Waals surface area contributed by atoms with Crippen LogP contribution in [-0.2, 0) is 19.4 Å². The van der Waals surface area contributed by atoms with Gasteiger partial charge in [-0.05, 0) is 109 Å². The fraction of sp³-hybridized carbons (Fsp3) is 0.290. The fourth-order valence-corrected chi connectivity index (χ4v) is 4.91. The zero-order chi connectivity index (χ0) is 22.6. The molecule has 0 aliphatic heterocycles. The van der Waals surface area contributed by atoms with Crippen molar-refractivity contribution < 1.29 is 4.74 Å². The first-order valence-corrected chi connectivity index (χ1v) is 12.1. The first-order chi connectivity index (χ1) is 16.1. The Balaban J connectivity index is 1.20. The first-order valence-electron chi connectivity index (χ1n) is 12.1. The summed E-state index contributed by atoms with van der Waals surface area (Å²) >= 11 is 0. The molecular formula is C31H33NO. The number of ether oxygens (including phenoxy) is 1. The van der Waals surface area contributed by atoms with Crippen LogP contribution in [0.15, 0.2) is 84.9 Å². The normalized spacial score (nSPS) is 15.5. The highest BCUT2D eigenvalue weighted by molar-refractivity contribution is 5.87. The summed E-state index contributed by atoms with van der Waals surface area (Å²) in [5.74, 6) is 1.80. The molecule has 1 unspecified atom stereocenters. The number of hydrogen-bond donors (Lipinski definition) is 0. The summed E-state index contributed by atoms with van der Waals surface area (Å²) in [7, 11) is 4.33. The van der Waals surface area contributed by atoms with Gasteiger partial charge in [0, 0.05) is 0 Å². The molecule has 2 nitrogen and oxygen atoms in total. The minimum Gasteiger partial charge on any atom is -0.489 e. The molecule has 1 aliphatic rings. The van der Waals surface area contributed by atoms with E-state index in [-0.39, 0.29) is 0 Å². The quantitative estimate of drug-likeness (QED) is 0.306. The molecule has 0 heterocycles. The Hall–Kier alpha value is -3.10. The zero-order valence-electron chi connectivity index (χ0n) is 19.8. The molecule has 0 radical (unpaired) electrons. The molecule has 0 aromatic heterocycles. The van der Waals surface area contributed by atoms with E-state index in [1.165, 1.54) is 70.8 Å². The van der Waals surface area contributed by atoms with Crippen LogP contribution in [0.2, 0.25) is 0 Å². The number of nitrogens with zero attached hydrogens (tertiary/aromatic N) is 1. The van der Waals surface area contributed by atoms with Gasteiger partial charge < -0.3 is 9.64 Å². The number of aryl methyl sites for hydroxylation is 1. The average molecular weight is 436 g/mol. The van der Waals surface area contributed by atoms with E-state index in [4.69, 9.17) is 4.74 Å². The van der Waals surface area contributed by atoms with Crippen LogP contribution in [0.25, 0.3) is 21.9 Å². The maximum absolute atomic E-state index is 6.16. The molecule has 0 fully saturated rings. The SMILES string of the molecule is CN(C)CCC1CCc2cc(OCc3ccc(-c4ccc5ccccc5c4)cc3)ccc2C1. The van der Waals surface area contributed by atoms with Crippen molar-refractivity contribution in [3.05, 3.63) is 102 Å². The van der Waals surface area contributed by atoms with Crippen LogP contribution in [0.5, 0.6) is 5.75 Å². The molecule has 4 aromatic carbocycles. The molecule has 4 aromatic rings. The van der Waals surface area contributed by atoms with Crippen molar-refractivity contribution in [2.24, 2.45) is 5.92 Å². The van der Waals surface area contributed by atoms with E-state index in [0.29, 0.717) is 6.61 Å². The Kier molecular flexibility index (Phi) is 6.46. The maximum Gasteiger partial charge on any atom is 0.120 e. The lowest BCUT2D eigenvalue weighted by Gasteiger charge is -2.26. The van der Waals surface area contributed by atoms with Crippen LogP contribution in [0.1, 0.15) is 29.5 Å². The lowest BCUT2D eigenvalue weighted by molar-refractivity contribution is 0.304. The molecule has 1 atom stereocenters. The zero-order valence-corrected chi connectivity index (χ0v) is 19.8. The molecule has 0 bridgehead atoms. The third-order valence-corrected chi connectivity index (χ3v) is 6.94. The Morgan fingerprint density at radius 1 is 0.788 bits per heavy atom. The largest absolute Gasteiger partial charge is 0.489 e. The van der Waals surface area contributed by atoms with Crippen molar-refractivity contribution >= 4 is 10.8 Å². The lowest BCUT2D eigenvalue weighted by Crippen LogP contribution is -2.21. The van der Waals surface area contributed by atoms with Gasteiger partial charge in [-0.1, -0.05) is 66.7 Å². The van der Waals surface area contributed by atoms with E-state index in [2.05, 4.69) is 104 Å². The Morgan fingerprint density at radius 2 is 1.58 bits per heavy atom. The number of benzene rings is 4. The van der Waals surface area contributed by atoms with Crippen molar-refractivity contribution in [2.75, 3.05) is 20.6 Å².